The number of Topliss-reactive ketones (excluding diaryl/α,β-unsaturated/α-hetero) is 1. The van der Waals surface area contributed by atoms with Gasteiger partial charge in [-0.3, -0.25) is 19.3 Å². The van der Waals surface area contributed by atoms with E-state index < -0.39 is 0 Å². The number of carbonyl (C=O) groups is 2. The molecule has 132 valence electrons. The average Bonchev–Trinajstić information content (AvgIpc) is 3.23. The number of aromatic nitrogens is 3. The highest BCUT2D eigenvalue weighted by molar-refractivity contribution is 5.97. The van der Waals surface area contributed by atoms with Crippen LogP contribution in [0.3, 0.4) is 0 Å². The molecule has 1 atom stereocenters. The van der Waals surface area contributed by atoms with Crippen LogP contribution >= 0.6 is 0 Å². The van der Waals surface area contributed by atoms with Crippen molar-refractivity contribution in [1.82, 2.24) is 19.7 Å². The first kappa shape index (κ1) is 17.1. The average molecular weight is 341 g/mol. The van der Waals surface area contributed by atoms with E-state index in [0.717, 1.165) is 18.5 Å². The lowest BCUT2D eigenvalue weighted by molar-refractivity contribution is 0.0711. The van der Waals surface area contributed by atoms with Gasteiger partial charge >= 0.3 is 0 Å². The summed E-state index contributed by atoms with van der Waals surface area (Å²) in [7, 11) is 5.63. The third-order valence-electron chi connectivity index (χ3n) is 4.56. The Morgan fingerprint density at radius 2 is 2.16 bits per heavy atom. The van der Waals surface area contributed by atoms with Crippen molar-refractivity contribution >= 4 is 17.4 Å². The van der Waals surface area contributed by atoms with Crippen LogP contribution in [0.2, 0.25) is 0 Å². The molecule has 0 aromatic carbocycles. The van der Waals surface area contributed by atoms with Crippen LogP contribution < -0.4 is 4.90 Å². The fourth-order valence-electron chi connectivity index (χ4n) is 3.17. The zero-order valence-corrected chi connectivity index (χ0v) is 14.8. The normalized spacial score (nSPS) is 16.9. The molecular weight excluding hydrogens is 318 g/mol. The molecule has 0 unspecified atom stereocenters. The Morgan fingerprint density at radius 1 is 1.36 bits per heavy atom. The van der Waals surface area contributed by atoms with Crippen molar-refractivity contribution in [3.05, 3.63) is 42.0 Å². The predicted molar refractivity (Wildman–Crippen MR) is 94.8 cm³/mol. The van der Waals surface area contributed by atoms with Crippen LogP contribution in [0.4, 0.5) is 5.69 Å². The second-order valence-electron chi connectivity index (χ2n) is 6.62. The minimum absolute atomic E-state index is 0.0211. The Labute approximate surface area is 147 Å². The summed E-state index contributed by atoms with van der Waals surface area (Å²) in [5, 5.41) is 4.04. The minimum Gasteiger partial charge on any atom is -0.378 e. The molecule has 1 aliphatic heterocycles. The van der Waals surface area contributed by atoms with Gasteiger partial charge in [0.1, 0.15) is 5.69 Å². The lowest BCUT2D eigenvalue weighted by atomic mass is 10.0. The molecule has 2 aromatic heterocycles. The number of likely N-dealkylation sites (tertiary alicyclic amines) is 1. The van der Waals surface area contributed by atoms with Crippen molar-refractivity contribution in [2.45, 2.75) is 25.3 Å². The summed E-state index contributed by atoms with van der Waals surface area (Å²) in [6.45, 7) is 0.664. The van der Waals surface area contributed by atoms with E-state index in [0.29, 0.717) is 24.2 Å². The second kappa shape index (κ2) is 7.04. The monoisotopic (exact) mass is 341 g/mol. The predicted octanol–water partition coefficient (Wildman–Crippen LogP) is 1.76. The Bertz CT molecular complexity index is 783. The van der Waals surface area contributed by atoms with Gasteiger partial charge in [0.15, 0.2) is 5.78 Å². The molecular formula is C18H23N5O2. The van der Waals surface area contributed by atoms with Crippen molar-refractivity contribution in [1.29, 1.82) is 0 Å². The summed E-state index contributed by atoms with van der Waals surface area (Å²) in [6, 6.07) is 3.58. The Hall–Kier alpha value is -2.70. The number of rotatable bonds is 5. The van der Waals surface area contributed by atoms with Crippen LogP contribution in [-0.2, 0) is 7.05 Å². The summed E-state index contributed by atoms with van der Waals surface area (Å²) in [4.78, 5) is 33.3. The lowest BCUT2D eigenvalue weighted by Crippen LogP contribution is -2.37. The molecule has 0 aliphatic carbocycles. The van der Waals surface area contributed by atoms with Gasteiger partial charge < -0.3 is 9.80 Å². The van der Waals surface area contributed by atoms with Crippen molar-refractivity contribution in [3.63, 3.8) is 0 Å². The molecule has 0 radical (unpaired) electrons. The summed E-state index contributed by atoms with van der Waals surface area (Å²) < 4.78 is 1.61. The molecule has 7 nitrogen and oxygen atoms in total. The summed E-state index contributed by atoms with van der Waals surface area (Å²) in [5.74, 6) is -0.0852. The molecule has 3 rings (SSSR count). The van der Waals surface area contributed by atoms with Crippen LogP contribution in [-0.4, -0.2) is 58.0 Å². The van der Waals surface area contributed by atoms with E-state index in [9.17, 15) is 9.59 Å². The van der Waals surface area contributed by atoms with E-state index in [4.69, 9.17) is 0 Å². The van der Waals surface area contributed by atoms with Crippen LogP contribution in [0.15, 0.2) is 30.7 Å². The summed E-state index contributed by atoms with van der Waals surface area (Å²) >= 11 is 0. The molecule has 0 spiro atoms. The number of hydrogen-bond acceptors (Lipinski definition) is 5. The molecule has 1 fully saturated rings. The smallest absolute Gasteiger partial charge is 0.272 e. The highest BCUT2D eigenvalue weighted by atomic mass is 16.2. The summed E-state index contributed by atoms with van der Waals surface area (Å²) in [6.07, 6.45) is 7.01. The molecule has 2 aromatic rings. The number of hydrogen-bond donors (Lipinski definition) is 0. The van der Waals surface area contributed by atoms with Gasteiger partial charge in [0, 0.05) is 58.2 Å². The van der Waals surface area contributed by atoms with Crippen molar-refractivity contribution < 1.29 is 9.59 Å². The largest absolute Gasteiger partial charge is 0.378 e. The third-order valence-corrected chi connectivity index (χ3v) is 4.56. The fourth-order valence-corrected chi connectivity index (χ4v) is 3.17. The van der Waals surface area contributed by atoms with Gasteiger partial charge in [0.25, 0.3) is 5.91 Å². The van der Waals surface area contributed by atoms with Gasteiger partial charge in [-0.1, -0.05) is 0 Å². The number of amides is 1. The molecule has 7 heteroatoms. The van der Waals surface area contributed by atoms with Gasteiger partial charge in [-0.05, 0) is 25.0 Å². The van der Waals surface area contributed by atoms with E-state index in [2.05, 4.69) is 10.1 Å². The van der Waals surface area contributed by atoms with Crippen LogP contribution in [0.25, 0.3) is 0 Å². The molecule has 1 amide bonds. The number of ketones is 1. The number of nitrogens with zero attached hydrogens (tertiary/aromatic N) is 5. The zero-order valence-electron chi connectivity index (χ0n) is 14.8. The van der Waals surface area contributed by atoms with Crippen LogP contribution in [0.5, 0.6) is 0 Å². The fraction of sp³-hybridized carbons (Fsp3) is 0.444. The molecule has 1 aliphatic rings. The quantitative estimate of drug-likeness (QED) is 0.775. The van der Waals surface area contributed by atoms with E-state index >= 15 is 0 Å². The maximum Gasteiger partial charge on any atom is 0.272 e. The number of pyridine rings is 1. The van der Waals surface area contributed by atoms with E-state index in [-0.39, 0.29) is 17.7 Å². The highest BCUT2D eigenvalue weighted by Crippen LogP contribution is 2.24. The lowest BCUT2D eigenvalue weighted by Gasteiger charge is -2.24. The van der Waals surface area contributed by atoms with Gasteiger partial charge in [-0.15, -0.1) is 0 Å². The summed E-state index contributed by atoms with van der Waals surface area (Å²) in [5.41, 5.74) is 1.95. The first-order chi connectivity index (χ1) is 12.0. The Kier molecular flexibility index (Phi) is 4.83. The molecule has 0 N–H and O–H groups in total. The standard InChI is InChI=1S/C18H23N5O2/c1-21(2)14-6-7-19-16(9-14)18(25)23-8-4-5-15(23)10-17(24)13-11-20-22(3)12-13/h6-7,9,11-12,15H,4-5,8,10H2,1-3H3/t15-/m1/s1. The number of carbonyl (C=O) groups excluding carboxylic acids is 2. The van der Waals surface area contributed by atoms with Gasteiger partial charge in [-0.2, -0.15) is 5.10 Å². The molecule has 0 saturated carbocycles. The zero-order chi connectivity index (χ0) is 18.0. The van der Waals surface area contributed by atoms with Crippen molar-refractivity contribution in [2.75, 3.05) is 25.5 Å². The molecule has 1 saturated heterocycles. The topological polar surface area (TPSA) is 71.3 Å². The van der Waals surface area contributed by atoms with Crippen molar-refractivity contribution in [2.24, 2.45) is 7.05 Å². The second-order valence-corrected chi connectivity index (χ2v) is 6.62. The first-order valence-corrected chi connectivity index (χ1v) is 8.42. The Morgan fingerprint density at radius 3 is 2.84 bits per heavy atom. The highest BCUT2D eigenvalue weighted by Gasteiger charge is 2.32. The van der Waals surface area contributed by atoms with E-state index in [1.807, 2.05) is 25.1 Å². The molecule has 3 heterocycles. The maximum absolute atomic E-state index is 12.9. The van der Waals surface area contributed by atoms with Gasteiger partial charge in [0.05, 0.1) is 11.8 Å². The van der Waals surface area contributed by atoms with E-state index in [1.54, 1.807) is 41.3 Å². The Balaban J connectivity index is 1.73. The van der Waals surface area contributed by atoms with Crippen molar-refractivity contribution in [3.8, 4) is 0 Å². The van der Waals surface area contributed by atoms with Crippen LogP contribution in [0.1, 0.15) is 40.1 Å². The third kappa shape index (κ3) is 3.70. The van der Waals surface area contributed by atoms with Crippen LogP contribution in [0, 0.1) is 0 Å². The number of anilines is 1. The maximum atomic E-state index is 12.9. The first-order valence-electron chi connectivity index (χ1n) is 8.42. The molecule has 0 bridgehead atoms. The van der Waals surface area contributed by atoms with Gasteiger partial charge in [-0.25, -0.2) is 0 Å². The number of aryl methyl sites for hydroxylation is 1. The SMILES string of the molecule is CN(C)c1ccnc(C(=O)N2CCC[C@@H]2CC(=O)c2cnn(C)c2)c1. The molecule has 25 heavy (non-hydrogen) atoms. The minimum atomic E-state index is -0.106. The van der Waals surface area contributed by atoms with E-state index in [1.165, 1.54) is 0 Å². The van der Waals surface area contributed by atoms with Gasteiger partial charge in [0.2, 0.25) is 0 Å².